The third kappa shape index (κ3) is 3.78. The number of rotatable bonds is 7. The normalized spacial score (nSPS) is 13.2. The SMILES string of the molecule is Cc1ccc2c(c1)C(=O)N(CCCC(=O)NCCc1c[nH]c3ccccc13)C2=O. The van der Waals surface area contributed by atoms with E-state index < -0.39 is 0 Å². The van der Waals surface area contributed by atoms with Gasteiger partial charge in [-0.25, -0.2) is 0 Å². The number of H-pyrrole nitrogens is 1. The lowest BCUT2D eigenvalue weighted by atomic mass is 10.1. The van der Waals surface area contributed by atoms with Gasteiger partial charge in [-0.05, 0) is 43.5 Å². The van der Waals surface area contributed by atoms with Gasteiger partial charge in [-0.3, -0.25) is 19.3 Å². The number of aromatic amines is 1. The van der Waals surface area contributed by atoms with Crippen LogP contribution in [0.2, 0.25) is 0 Å². The molecule has 0 bridgehead atoms. The van der Waals surface area contributed by atoms with Crippen molar-refractivity contribution in [3.05, 3.63) is 70.9 Å². The maximum atomic E-state index is 12.4. The van der Waals surface area contributed by atoms with E-state index in [-0.39, 0.29) is 30.7 Å². The molecule has 2 heterocycles. The Hall–Kier alpha value is -3.41. The summed E-state index contributed by atoms with van der Waals surface area (Å²) in [6.07, 6.45) is 3.44. The predicted octanol–water partition coefficient (Wildman–Crippen LogP) is 3.21. The summed E-state index contributed by atoms with van der Waals surface area (Å²) in [5, 5.41) is 4.09. The second kappa shape index (κ2) is 7.91. The third-order valence-corrected chi connectivity index (χ3v) is 5.30. The minimum Gasteiger partial charge on any atom is -0.361 e. The van der Waals surface area contributed by atoms with Crippen LogP contribution in [0.4, 0.5) is 0 Å². The maximum Gasteiger partial charge on any atom is 0.261 e. The molecule has 2 N–H and O–H groups in total. The molecule has 3 amide bonds. The number of para-hydroxylation sites is 1. The summed E-state index contributed by atoms with van der Waals surface area (Å²) < 4.78 is 0. The smallest absolute Gasteiger partial charge is 0.261 e. The van der Waals surface area contributed by atoms with E-state index in [0.717, 1.165) is 17.5 Å². The Balaban J connectivity index is 1.23. The third-order valence-electron chi connectivity index (χ3n) is 5.30. The fourth-order valence-corrected chi connectivity index (χ4v) is 3.77. The van der Waals surface area contributed by atoms with Gasteiger partial charge >= 0.3 is 0 Å². The van der Waals surface area contributed by atoms with Gasteiger partial charge < -0.3 is 10.3 Å². The molecule has 6 heteroatoms. The van der Waals surface area contributed by atoms with Gasteiger partial charge in [0.2, 0.25) is 5.91 Å². The Bertz CT molecular complexity index is 1100. The molecule has 0 radical (unpaired) electrons. The molecule has 0 saturated heterocycles. The zero-order valence-electron chi connectivity index (χ0n) is 16.3. The zero-order valence-corrected chi connectivity index (χ0v) is 16.3. The minimum absolute atomic E-state index is 0.0719. The van der Waals surface area contributed by atoms with E-state index >= 15 is 0 Å². The fraction of sp³-hybridized carbons (Fsp3) is 0.261. The summed E-state index contributed by atoms with van der Waals surface area (Å²) in [7, 11) is 0. The molecule has 4 rings (SSSR count). The van der Waals surface area contributed by atoms with E-state index in [1.165, 1.54) is 15.8 Å². The summed E-state index contributed by atoms with van der Waals surface area (Å²) in [5.74, 6) is -0.615. The van der Waals surface area contributed by atoms with E-state index in [1.54, 1.807) is 12.1 Å². The monoisotopic (exact) mass is 389 g/mol. The molecule has 0 saturated carbocycles. The van der Waals surface area contributed by atoms with Gasteiger partial charge in [-0.15, -0.1) is 0 Å². The topological polar surface area (TPSA) is 82.3 Å². The number of hydrogen-bond acceptors (Lipinski definition) is 3. The van der Waals surface area contributed by atoms with Crippen LogP contribution in [-0.4, -0.2) is 40.7 Å². The molecule has 29 heavy (non-hydrogen) atoms. The molecule has 1 aliphatic rings. The fourth-order valence-electron chi connectivity index (χ4n) is 3.77. The van der Waals surface area contributed by atoms with Crippen molar-refractivity contribution in [2.24, 2.45) is 0 Å². The number of carbonyl (C=O) groups is 3. The largest absolute Gasteiger partial charge is 0.361 e. The lowest BCUT2D eigenvalue weighted by molar-refractivity contribution is -0.121. The molecule has 2 aromatic carbocycles. The van der Waals surface area contributed by atoms with Crippen molar-refractivity contribution in [3.8, 4) is 0 Å². The quantitative estimate of drug-likeness (QED) is 0.609. The Morgan fingerprint density at radius 2 is 1.86 bits per heavy atom. The molecule has 148 valence electrons. The van der Waals surface area contributed by atoms with Crippen LogP contribution in [0.15, 0.2) is 48.7 Å². The summed E-state index contributed by atoms with van der Waals surface area (Å²) in [4.78, 5) is 41.4. The van der Waals surface area contributed by atoms with Crippen molar-refractivity contribution in [3.63, 3.8) is 0 Å². The van der Waals surface area contributed by atoms with Crippen LogP contribution in [0.3, 0.4) is 0 Å². The summed E-state index contributed by atoms with van der Waals surface area (Å²) in [6, 6.07) is 13.3. The van der Waals surface area contributed by atoms with Gasteiger partial charge in [-0.2, -0.15) is 0 Å². The lowest BCUT2D eigenvalue weighted by Gasteiger charge is -2.13. The van der Waals surface area contributed by atoms with Crippen molar-refractivity contribution in [1.82, 2.24) is 15.2 Å². The number of benzene rings is 2. The number of aromatic nitrogens is 1. The highest BCUT2D eigenvalue weighted by Gasteiger charge is 2.34. The molecule has 1 aliphatic heterocycles. The van der Waals surface area contributed by atoms with E-state index in [2.05, 4.69) is 16.4 Å². The second-order valence-electron chi connectivity index (χ2n) is 7.37. The van der Waals surface area contributed by atoms with Crippen LogP contribution in [0.25, 0.3) is 10.9 Å². The van der Waals surface area contributed by atoms with Crippen molar-refractivity contribution in [1.29, 1.82) is 0 Å². The molecular weight excluding hydrogens is 366 g/mol. The molecular formula is C23H23N3O3. The second-order valence-corrected chi connectivity index (χ2v) is 7.37. The number of hydrogen-bond donors (Lipinski definition) is 2. The maximum absolute atomic E-state index is 12.4. The van der Waals surface area contributed by atoms with Crippen molar-refractivity contribution in [2.75, 3.05) is 13.1 Å². The van der Waals surface area contributed by atoms with E-state index in [9.17, 15) is 14.4 Å². The lowest BCUT2D eigenvalue weighted by Crippen LogP contribution is -2.32. The number of aryl methyl sites for hydroxylation is 1. The van der Waals surface area contributed by atoms with Crippen molar-refractivity contribution >= 4 is 28.6 Å². The van der Waals surface area contributed by atoms with Gasteiger partial charge in [0.05, 0.1) is 11.1 Å². The van der Waals surface area contributed by atoms with Crippen molar-refractivity contribution in [2.45, 2.75) is 26.2 Å². The average Bonchev–Trinajstić information content (AvgIpc) is 3.22. The molecule has 6 nitrogen and oxygen atoms in total. The van der Waals surface area contributed by atoms with E-state index in [4.69, 9.17) is 0 Å². The summed E-state index contributed by atoms with van der Waals surface area (Å²) in [5.41, 5.74) is 4.11. The van der Waals surface area contributed by atoms with Gasteiger partial charge in [-0.1, -0.05) is 29.8 Å². The highest BCUT2D eigenvalue weighted by Crippen LogP contribution is 2.24. The van der Waals surface area contributed by atoms with Gasteiger partial charge in [0, 0.05) is 36.6 Å². The summed E-state index contributed by atoms with van der Waals surface area (Å²) in [6.45, 7) is 2.69. The molecule has 0 fully saturated rings. The van der Waals surface area contributed by atoms with E-state index in [0.29, 0.717) is 24.1 Å². The molecule has 3 aromatic rings. The number of nitrogens with zero attached hydrogens (tertiary/aromatic N) is 1. The first-order chi connectivity index (χ1) is 14.0. The first kappa shape index (κ1) is 18.9. The molecule has 1 aromatic heterocycles. The van der Waals surface area contributed by atoms with Gasteiger partial charge in [0.1, 0.15) is 0 Å². The van der Waals surface area contributed by atoms with Crippen LogP contribution < -0.4 is 5.32 Å². The highest BCUT2D eigenvalue weighted by molar-refractivity contribution is 6.21. The molecule has 0 aliphatic carbocycles. The van der Waals surface area contributed by atoms with Crippen LogP contribution in [0, 0.1) is 6.92 Å². The number of fused-ring (bicyclic) bond motifs is 2. The molecule has 0 unspecified atom stereocenters. The van der Waals surface area contributed by atoms with Crippen LogP contribution in [0.5, 0.6) is 0 Å². The first-order valence-corrected chi connectivity index (χ1v) is 9.83. The Morgan fingerprint density at radius 3 is 2.72 bits per heavy atom. The highest BCUT2D eigenvalue weighted by atomic mass is 16.2. The Labute approximate surface area is 168 Å². The van der Waals surface area contributed by atoms with Crippen LogP contribution in [-0.2, 0) is 11.2 Å². The number of carbonyl (C=O) groups excluding carboxylic acids is 3. The molecule has 0 atom stereocenters. The van der Waals surface area contributed by atoms with Crippen molar-refractivity contribution < 1.29 is 14.4 Å². The minimum atomic E-state index is -0.273. The van der Waals surface area contributed by atoms with Gasteiger partial charge in [0.25, 0.3) is 11.8 Å². The molecule has 0 spiro atoms. The standard InChI is InChI=1S/C23H23N3O3/c1-15-8-9-18-19(13-15)23(29)26(22(18)28)12-4-7-21(27)24-11-10-16-14-25-20-6-3-2-5-17(16)20/h2-3,5-6,8-9,13-14,25H,4,7,10-12H2,1H3,(H,24,27). The zero-order chi connectivity index (χ0) is 20.4. The Morgan fingerprint density at radius 1 is 1.07 bits per heavy atom. The van der Waals surface area contributed by atoms with E-state index in [1.807, 2.05) is 37.4 Å². The Kier molecular flexibility index (Phi) is 5.16. The van der Waals surface area contributed by atoms with Gasteiger partial charge in [0.15, 0.2) is 0 Å². The number of amides is 3. The summed E-state index contributed by atoms with van der Waals surface area (Å²) >= 11 is 0. The number of nitrogens with one attached hydrogen (secondary N) is 2. The van der Waals surface area contributed by atoms with Crippen LogP contribution >= 0.6 is 0 Å². The predicted molar refractivity (Wildman–Crippen MR) is 111 cm³/mol. The first-order valence-electron chi connectivity index (χ1n) is 9.83. The number of imide groups is 1. The van der Waals surface area contributed by atoms with Crippen LogP contribution in [0.1, 0.15) is 44.7 Å². The average molecular weight is 389 g/mol.